The van der Waals surface area contributed by atoms with E-state index in [0.717, 1.165) is 29.8 Å². The van der Waals surface area contributed by atoms with Gasteiger partial charge in [-0.25, -0.2) is 4.79 Å². The lowest BCUT2D eigenvalue weighted by Gasteiger charge is -2.46. The first-order valence-electron chi connectivity index (χ1n) is 11.8. The lowest BCUT2D eigenvalue weighted by Crippen LogP contribution is -2.51. The molecule has 3 atom stereocenters. The summed E-state index contributed by atoms with van der Waals surface area (Å²) in [6, 6.07) is 14.6. The van der Waals surface area contributed by atoms with Crippen molar-refractivity contribution in [1.29, 1.82) is 5.26 Å². The van der Waals surface area contributed by atoms with E-state index < -0.39 is 6.09 Å². The number of nitrogens with zero attached hydrogens (tertiary/aromatic N) is 2. The molecule has 0 radical (unpaired) electrons. The maximum absolute atomic E-state index is 12.8. The minimum Gasteiger partial charge on any atom is -0.465 e. The third kappa shape index (κ3) is 5.22. The molecule has 2 aromatic carbocycles. The molecule has 0 saturated heterocycles. The first-order chi connectivity index (χ1) is 16.8. The number of nitrogens with one attached hydrogen (secondary N) is 3. The topological polar surface area (TPSA) is 135 Å². The third-order valence-electron chi connectivity index (χ3n) is 6.71. The normalized spacial score (nSPS) is 20.8. The highest BCUT2D eigenvalue weighted by molar-refractivity contribution is 5.98. The van der Waals surface area contributed by atoms with Gasteiger partial charge in [-0.15, -0.1) is 0 Å². The molecule has 1 aliphatic carbocycles. The van der Waals surface area contributed by atoms with E-state index in [4.69, 9.17) is 10.4 Å². The van der Waals surface area contributed by atoms with Crippen LogP contribution in [-0.2, 0) is 4.79 Å². The van der Waals surface area contributed by atoms with E-state index in [-0.39, 0.29) is 42.9 Å². The van der Waals surface area contributed by atoms with Crippen LogP contribution in [0.4, 0.5) is 16.2 Å². The van der Waals surface area contributed by atoms with E-state index in [1.807, 2.05) is 29.2 Å². The smallest absolute Gasteiger partial charge is 0.404 e. The van der Waals surface area contributed by atoms with E-state index in [2.05, 4.69) is 28.9 Å². The Labute approximate surface area is 204 Å². The SMILES string of the molecule is CC(=O)N1c2ccc(C(=O)NCCNC(=O)O)cc2[C@H](Nc2ccc(C#N)cc2)[C@@H](C)[C@@H]1C1CC1. The highest BCUT2D eigenvalue weighted by atomic mass is 16.4. The molecular formula is C26H29N5O4. The molecule has 1 saturated carbocycles. The molecule has 1 aliphatic heterocycles. The number of hydrogen-bond donors (Lipinski definition) is 4. The van der Waals surface area contributed by atoms with Gasteiger partial charge in [-0.3, -0.25) is 9.59 Å². The van der Waals surface area contributed by atoms with E-state index >= 15 is 0 Å². The summed E-state index contributed by atoms with van der Waals surface area (Å²) in [5, 5.41) is 26.3. The summed E-state index contributed by atoms with van der Waals surface area (Å²) in [5.41, 5.74) is 3.51. The highest BCUT2D eigenvalue weighted by Crippen LogP contribution is 2.50. The van der Waals surface area contributed by atoms with E-state index in [9.17, 15) is 14.4 Å². The third-order valence-corrected chi connectivity index (χ3v) is 6.71. The largest absolute Gasteiger partial charge is 0.465 e. The van der Waals surface area contributed by atoms with Crippen molar-refractivity contribution >= 4 is 29.3 Å². The number of carbonyl (C=O) groups excluding carboxylic acids is 2. The fraction of sp³-hybridized carbons (Fsp3) is 0.385. The fourth-order valence-corrected chi connectivity index (χ4v) is 4.98. The minimum atomic E-state index is -1.15. The monoisotopic (exact) mass is 475 g/mol. The van der Waals surface area contributed by atoms with Crippen LogP contribution in [0.15, 0.2) is 42.5 Å². The molecule has 4 N–H and O–H groups in total. The number of amides is 3. The predicted molar refractivity (Wildman–Crippen MR) is 131 cm³/mol. The zero-order chi connectivity index (χ0) is 25.1. The van der Waals surface area contributed by atoms with Crippen LogP contribution >= 0.6 is 0 Å². The second-order valence-electron chi connectivity index (χ2n) is 9.15. The lowest BCUT2D eigenvalue weighted by atomic mass is 9.79. The van der Waals surface area contributed by atoms with Gasteiger partial charge in [0, 0.05) is 48.9 Å². The molecule has 1 heterocycles. The molecule has 2 aliphatic rings. The van der Waals surface area contributed by atoms with Gasteiger partial charge in [0.1, 0.15) is 0 Å². The minimum absolute atomic E-state index is 0.0243. The van der Waals surface area contributed by atoms with Crippen LogP contribution in [0.3, 0.4) is 0 Å². The van der Waals surface area contributed by atoms with Crippen molar-refractivity contribution in [3.63, 3.8) is 0 Å². The molecular weight excluding hydrogens is 446 g/mol. The Morgan fingerprint density at radius 2 is 1.77 bits per heavy atom. The number of anilines is 2. The van der Waals surface area contributed by atoms with Crippen molar-refractivity contribution in [2.45, 2.75) is 38.8 Å². The van der Waals surface area contributed by atoms with Crippen molar-refractivity contribution in [3.05, 3.63) is 59.2 Å². The molecule has 9 heteroatoms. The second kappa shape index (κ2) is 10.1. The fourth-order valence-electron chi connectivity index (χ4n) is 4.98. The summed E-state index contributed by atoms with van der Waals surface area (Å²) in [4.78, 5) is 38.0. The van der Waals surface area contributed by atoms with Crippen molar-refractivity contribution in [3.8, 4) is 6.07 Å². The molecule has 2 aromatic rings. The van der Waals surface area contributed by atoms with Gasteiger partial charge >= 0.3 is 6.09 Å². The molecule has 182 valence electrons. The zero-order valence-electron chi connectivity index (χ0n) is 19.7. The standard InChI is InChI=1S/C26H29N5O4/c1-15-23(30-20-8-3-17(14-27)4-9-20)21-13-19(25(33)28-11-12-29-26(34)35)7-10-22(21)31(16(2)32)24(15)18-5-6-18/h3-4,7-10,13,15,18,23-24,29-30H,5-6,11-12H2,1-2H3,(H,28,33)(H,34,35)/t15-,23-,24-/m1/s1. The van der Waals surface area contributed by atoms with Crippen LogP contribution in [0.2, 0.25) is 0 Å². The second-order valence-corrected chi connectivity index (χ2v) is 9.15. The number of rotatable bonds is 7. The lowest BCUT2D eigenvalue weighted by molar-refractivity contribution is -0.117. The number of nitriles is 1. The quantitative estimate of drug-likeness (QED) is 0.453. The molecule has 0 spiro atoms. The van der Waals surface area contributed by atoms with Crippen LogP contribution in [0.5, 0.6) is 0 Å². The van der Waals surface area contributed by atoms with Gasteiger partial charge in [0.15, 0.2) is 0 Å². The van der Waals surface area contributed by atoms with Gasteiger partial charge in [-0.1, -0.05) is 6.92 Å². The Morgan fingerprint density at radius 1 is 1.09 bits per heavy atom. The molecule has 3 amide bonds. The van der Waals surface area contributed by atoms with E-state index in [1.54, 1.807) is 25.1 Å². The van der Waals surface area contributed by atoms with Crippen LogP contribution < -0.4 is 20.9 Å². The van der Waals surface area contributed by atoms with Gasteiger partial charge < -0.3 is 26.0 Å². The maximum atomic E-state index is 12.8. The summed E-state index contributed by atoms with van der Waals surface area (Å²) >= 11 is 0. The first-order valence-corrected chi connectivity index (χ1v) is 11.8. The first kappa shape index (κ1) is 24.1. The number of carbonyl (C=O) groups is 3. The summed E-state index contributed by atoms with van der Waals surface area (Å²) in [5.74, 6) is 0.178. The Bertz CT molecular complexity index is 1170. The van der Waals surface area contributed by atoms with E-state index in [0.29, 0.717) is 17.0 Å². The number of carboxylic acid groups (broad SMARTS) is 1. The Morgan fingerprint density at radius 3 is 2.37 bits per heavy atom. The Balaban J connectivity index is 1.67. The van der Waals surface area contributed by atoms with Crippen molar-refractivity contribution in [2.24, 2.45) is 11.8 Å². The molecule has 35 heavy (non-hydrogen) atoms. The van der Waals surface area contributed by atoms with Gasteiger partial charge in [0.2, 0.25) is 5.91 Å². The molecule has 0 bridgehead atoms. The Kier molecular flexibility index (Phi) is 6.92. The van der Waals surface area contributed by atoms with Crippen molar-refractivity contribution < 1.29 is 19.5 Å². The maximum Gasteiger partial charge on any atom is 0.404 e. The number of fused-ring (bicyclic) bond motifs is 1. The van der Waals surface area contributed by atoms with Crippen molar-refractivity contribution in [2.75, 3.05) is 23.3 Å². The number of benzene rings is 2. The summed E-state index contributed by atoms with van der Waals surface area (Å²) in [7, 11) is 0. The summed E-state index contributed by atoms with van der Waals surface area (Å²) < 4.78 is 0. The average molecular weight is 476 g/mol. The van der Waals surface area contributed by atoms with Crippen LogP contribution in [0.25, 0.3) is 0 Å². The molecule has 0 unspecified atom stereocenters. The highest BCUT2D eigenvalue weighted by Gasteiger charge is 2.47. The molecule has 9 nitrogen and oxygen atoms in total. The van der Waals surface area contributed by atoms with Gasteiger partial charge in [0.25, 0.3) is 5.91 Å². The summed E-state index contributed by atoms with van der Waals surface area (Å²) in [6.07, 6.45) is 1.03. The van der Waals surface area contributed by atoms with Crippen LogP contribution in [-0.4, -0.2) is 42.1 Å². The Hall–Kier alpha value is -4.06. The van der Waals surface area contributed by atoms with Crippen LogP contribution in [0.1, 0.15) is 54.2 Å². The zero-order valence-corrected chi connectivity index (χ0v) is 19.7. The molecule has 0 aromatic heterocycles. The molecule has 1 fully saturated rings. The summed E-state index contributed by atoms with van der Waals surface area (Å²) in [6.45, 7) is 3.98. The molecule has 4 rings (SSSR count). The average Bonchev–Trinajstić information content (AvgIpc) is 3.68. The van der Waals surface area contributed by atoms with Gasteiger partial charge in [0.05, 0.1) is 17.7 Å². The van der Waals surface area contributed by atoms with Crippen molar-refractivity contribution in [1.82, 2.24) is 10.6 Å². The van der Waals surface area contributed by atoms with E-state index in [1.165, 1.54) is 0 Å². The van der Waals surface area contributed by atoms with Crippen LogP contribution in [0, 0.1) is 23.2 Å². The van der Waals surface area contributed by atoms with Gasteiger partial charge in [-0.2, -0.15) is 5.26 Å². The predicted octanol–water partition coefficient (Wildman–Crippen LogP) is 3.49. The number of hydrogen-bond acceptors (Lipinski definition) is 5. The van der Waals surface area contributed by atoms with Gasteiger partial charge in [-0.05, 0) is 66.8 Å².